The maximum absolute atomic E-state index is 11.9. The molecule has 1 rings (SSSR count). The molecule has 0 fully saturated rings. The van der Waals surface area contributed by atoms with Gasteiger partial charge in [-0.15, -0.1) is 0 Å². The third-order valence-corrected chi connectivity index (χ3v) is 3.02. The highest BCUT2D eigenvalue weighted by Crippen LogP contribution is 2.18. The van der Waals surface area contributed by atoms with Gasteiger partial charge in [0.15, 0.2) is 0 Å². The summed E-state index contributed by atoms with van der Waals surface area (Å²) in [5, 5.41) is 10.9. The first-order valence-corrected chi connectivity index (χ1v) is 6.69. The van der Waals surface area contributed by atoms with Crippen LogP contribution in [0, 0.1) is 10.1 Å². The molecule has 1 aromatic rings. The van der Waals surface area contributed by atoms with Crippen molar-refractivity contribution in [2.45, 2.75) is 12.8 Å². The van der Waals surface area contributed by atoms with Crippen molar-refractivity contribution >= 4 is 23.6 Å². The third kappa shape index (κ3) is 5.35. The lowest BCUT2D eigenvalue weighted by molar-refractivity contribution is -0.385. The molecule has 0 aliphatic carbocycles. The number of nitrogens with zero attached hydrogens (tertiary/aromatic N) is 2. The monoisotopic (exact) mass is 306 g/mol. The molecule has 0 saturated carbocycles. The maximum atomic E-state index is 11.9. The summed E-state index contributed by atoms with van der Waals surface area (Å²) < 4.78 is 4.51. The average molecular weight is 306 g/mol. The molecule has 118 valence electrons. The molecule has 0 aliphatic rings. The van der Waals surface area contributed by atoms with Gasteiger partial charge in [-0.2, -0.15) is 0 Å². The van der Waals surface area contributed by atoms with Gasteiger partial charge < -0.3 is 9.64 Å². The molecule has 0 aromatic heterocycles. The number of likely N-dealkylation sites (N-methyl/N-ethyl adjacent to an activating group) is 1. The van der Waals surface area contributed by atoms with E-state index in [4.69, 9.17) is 0 Å². The van der Waals surface area contributed by atoms with Crippen LogP contribution in [0.4, 0.5) is 5.69 Å². The Hall–Kier alpha value is -2.70. The summed E-state index contributed by atoms with van der Waals surface area (Å²) in [6.45, 7) is 0.398. The zero-order valence-electron chi connectivity index (χ0n) is 12.5. The van der Waals surface area contributed by atoms with E-state index in [0.717, 1.165) is 0 Å². The fourth-order valence-electron chi connectivity index (χ4n) is 1.76. The summed E-state index contributed by atoms with van der Waals surface area (Å²) in [6.07, 6.45) is 3.42. The standard InChI is InChI=1S/C15H18N2O5/c1-16(11-5-8-15(19)22-2)14(18)10-9-12-6-3-4-7-13(12)17(20)21/h3-4,6-7,9-10H,5,8,11H2,1-2H3/b10-9+. The Kier molecular flexibility index (Phi) is 6.75. The molecule has 0 atom stereocenters. The maximum Gasteiger partial charge on any atom is 0.305 e. The number of benzene rings is 1. The van der Waals surface area contributed by atoms with Crippen LogP contribution in [0.2, 0.25) is 0 Å². The molecule has 0 spiro atoms. The minimum Gasteiger partial charge on any atom is -0.469 e. The summed E-state index contributed by atoms with van der Waals surface area (Å²) in [5.41, 5.74) is 0.309. The van der Waals surface area contributed by atoms with Gasteiger partial charge in [0.25, 0.3) is 5.69 Å². The molecule has 0 heterocycles. The molecular formula is C15H18N2O5. The number of carbonyl (C=O) groups excluding carboxylic acids is 2. The predicted molar refractivity (Wildman–Crippen MR) is 81.0 cm³/mol. The number of hydrogen-bond acceptors (Lipinski definition) is 5. The number of rotatable bonds is 7. The third-order valence-electron chi connectivity index (χ3n) is 3.02. The molecule has 0 aliphatic heterocycles. The van der Waals surface area contributed by atoms with Gasteiger partial charge in [0, 0.05) is 32.2 Å². The number of hydrogen-bond donors (Lipinski definition) is 0. The molecule has 0 unspecified atom stereocenters. The number of methoxy groups -OCH3 is 1. The lowest BCUT2D eigenvalue weighted by Crippen LogP contribution is -2.26. The number of amides is 1. The molecule has 0 radical (unpaired) electrons. The minimum atomic E-state index is -0.496. The second kappa shape index (κ2) is 8.56. The van der Waals surface area contributed by atoms with E-state index in [0.29, 0.717) is 18.5 Å². The van der Waals surface area contributed by atoms with Gasteiger partial charge in [0.1, 0.15) is 0 Å². The quantitative estimate of drug-likeness (QED) is 0.333. The number of nitro benzene ring substituents is 1. The minimum absolute atomic E-state index is 0.0557. The zero-order chi connectivity index (χ0) is 16.5. The lowest BCUT2D eigenvalue weighted by Gasteiger charge is -2.14. The van der Waals surface area contributed by atoms with Gasteiger partial charge in [-0.25, -0.2) is 0 Å². The summed E-state index contributed by atoms with van der Waals surface area (Å²) >= 11 is 0. The Morgan fingerprint density at radius 1 is 1.36 bits per heavy atom. The first-order chi connectivity index (χ1) is 10.5. The van der Waals surface area contributed by atoms with E-state index >= 15 is 0 Å². The van der Waals surface area contributed by atoms with Gasteiger partial charge in [-0.1, -0.05) is 12.1 Å². The number of ether oxygens (including phenoxy) is 1. The Morgan fingerprint density at radius 3 is 2.68 bits per heavy atom. The van der Waals surface area contributed by atoms with Crippen LogP contribution < -0.4 is 0 Å². The van der Waals surface area contributed by atoms with E-state index in [2.05, 4.69) is 4.74 Å². The van der Waals surface area contributed by atoms with E-state index in [1.54, 1.807) is 25.2 Å². The summed E-state index contributed by atoms with van der Waals surface area (Å²) in [6, 6.07) is 6.18. The van der Waals surface area contributed by atoms with Crippen LogP contribution in [0.15, 0.2) is 30.3 Å². The topological polar surface area (TPSA) is 89.8 Å². The fraction of sp³-hybridized carbons (Fsp3) is 0.333. The first-order valence-electron chi connectivity index (χ1n) is 6.69. The molecule has 22 heavy (non-hydrogen) atoms. The fourth-order valence-corrected chi connectivity index (χ4v) is 1.76. The smallest absolute Gasteiger partial charge is 0.305 e. The van der Waals surface area contributed by atoms with Crippen molar-refractivity contribution in [3.05, 3.63) is 46.0 Å². The van der Waals surface area contributed by atoms with Crippen LogP contribution in [0.3, 0.4) is 0 Å². The van der Waals surface area contributed by atoms with E-state index in [9.17, 15) is 19.7 Å². The molecule has 7 heteroatoms. The normalized spacial score (nSPS) is 10.5. The zero-order valence-corrected chi connectivity index (χ0v) is 12.5. The molecule has 0 bridgehead atoms. The van der Waals surface area contributed by atoms with Gasteiger partial charge in [0.2, 0.25) is 5.91 Å². The Balaban J connectivity index is 2.60. The number of esters is 1. The highest BCUT2D eigenvalue weighted by atomic mass is 16.6. The van der Waals surface area contributed by atoms with Crippen LogP contribution in [0.1, 0.15) is 18.4 Å². The molecule has 0 N–H and O–H groups in total. The molecule has 0 saturated heterocycles. The van der Waals surface area contributed by atoms with E-state index < -0.39 is 4.92 Å². The first kappa shape index (κ1) is 17.4. The van der Waals surface area contributed by atoms with Crippen LogP contribution >= 0.6 is 0 Å². The van der Waals surface area contributed by atoms with Crippen molar-refractivity contribution in [3.8, 4) is 0 Å². The van der Waals surface area contributed by atoms with Gasteiger partial charge >= 0.3 is 5.97 Å². The Morgan fingerprint density at radius 2 is 2.05 bits per heavy atom. The van der Waals surface area contributed by atoms with Gasteiger partial charge in [-0.05, 0) is 18.6 Å². The van der Waals surface area contributed by atoms with Crippen molar-refractivity contribution in [2.24, 2.45) is 0 Å². The van der Waals surface area contributed by atoms with Gasteiger partial charge in [0.05, 0.1) is 17.6 Å². The molecule has 1 amide bonds. The highest BCUT2D eigenvalue weighted by molar-refractivity contribution is 5.92. The van der Waals surface area contributed by atoms with Crippen molar-refractivity contribution in [3.63, 3.8) is 0 Å². The second-order valence-electron chi connectivity index (χ2n) is 4.59. The van der Waals surface area contributed by atoms with Crippen LogP contribution in [-0.4, -0.2) is 42.4 Å². The van der Waals surface area contributed by atoms with Crippen molar-refractivity contribution in [2.75, 3.05) is 20.7 Å². The number of nitro groups is 1. The summed E-state index contributed by atoms with van der Waals surface area (Å²) in [4.78, 5) is 34.7. The number of para-hydroxylation sites is 1. The van der Waals surface area contributed by atoms with E-state index in [1.807, 2.05) is 0 Å². The van der Waals surface area contributed by atoms with Crippen molar-refractivity contribution < 1.29 is 19.2 Å². The molecule has 7 nitrogen and oxygen atoms in total. The summed E-state index contributed by atoms with van der Waals surface area (Å²) in [5.74, 6) is -0.612. The van der Waals surface area contributed by atoms with Gasteiger partial charge in [-0.3, -0.25) is 19.7 Å². The second-order valence-corrected chi connectivity index (χ2v) is 4.59. The van der Waals surface area contributed by atoms with E-state index in [1.165, 1.54) is 30.2 Å². The largest absolute Gasteiger partial charge is 0.469 e. The lowest BCUT2D eigenvalue weighted by atomic mass is 10.1. The SMILES string of the molecule is COC(=O)CCCN(C)C(=O)/C=C/c1ccccc1[N+](=O)[O-]. The average Bonchev–Trinajstić information content (AvgIpc) is 2.52. The predicted octanol–water partition coefficient (Wildman–Crippen LogP) is 2.02. The molecule has 1 aromatic carbocycles. The van der Waals surface area contributed by atoms with Crippen LogP contribution in [-0.2, 0) is 14.3 Å². The summed E-state index contributed by atoms with van der Waals surface area (Å²) in [7, 11) is 2.91. The van der Waals surface area contributed by atoms with Crippen molar-refractivity contribution in [1.29, 1.82) is 0 Å². The van der Waals surface area contributed by atoms with Crippen LogP contribution in [0.5, 0.6) is 0 Å². The van der Waals surface area contributed by atoms with Crippen molar-refractivity contribution in [1.82, 2.24) is 4.90 Å². The Bertz CT molecular complexity index is 583. The Labute approximate surface area is 128 Å². The molecular weight excluding hydrogens is 288 g/mol. The highest BCUT2D eigenvalue weighted by Gasteiger charge is 2.11. The number of carbonyl (C=O) groups is 2. The van der Waals surface area contributed by atoms with E-state index in [-0.39, 0.29) is 24.0 Å². The van der Waals surface area contributed by atoms with Crippen LogP contribution in [0.25, 0.3) is 6.08 Å².